The van der Waals surface area contributed by atoms with E-state index in [4.69, 9.17) is 0 Å². The number of non-ortho nitro benzene ring substituents is 1. The first-order valence-electron chi connectivity index (χ1n) is 7.67. The zero-order valence-electron chi connectivity index (χ0n) is 12.4. The van der Waals surface area contributed by atoms with E-state index in [2.05, 4.69) is 12.2 Å². The van der Waals surface area contributed by atoms with Gasteiger partial charge >= 0.3 is 0 Å². The van der Waals surface area contributed by atoms with Crippen LogP contribution < -0.4 is 5.32 Å². The van der Waals surface area contributed by atoms with Crippen molar-refractivity contribution in [1.82, 2.24) is 5.32 Å². The fourth-order valence-electron chi connectivity index (χ4n) is 3.02. The van der Waals surface area contributed by atoms with Crippen molar-refractivity contribution in [2.75, 3.05) is 0 Å². The Labute approximate surface area is 124 Å². The van der Waals surface area contributed by atoms with Crippen LogP contribution in [0.4, 0.5) is 5.69 Å². The quantitative estimate of drug-likeness (QED) is 0.641. The fraction of sp³-hybridized carbons (Fsp3) is 0.562. The number of nitro benzene ring substituents is 1. The molecule has 1 aliphatic rings. The summed E-state index contributed by atoms with van der Waals surface area (Å²) < 4.78 is 0. The lowest BCUT2D eigenvalue weighted by Crippen LogP contribution is -2.37. The Balaban J connectivity index is 1.95. The van der Waals surface area contributed by atoms with Crippen molar-refractivity contribution in [3.05, 3.63) is 39.9 Å². The second-order valence-corrected chi connectivity index (χ2v) is 5.72. The van der Waals surface area contributed by atoms with Crippen LogP contribution in [0.5, 0.6) is 0 Å². The Morgan fingerprint density at radius 3 is 2.67 bits per heavy atom. The molecule has 2 atom stereocenters. The van der Waals surface area contributed by atoms with Crippen LogP contribution in [0.2, 0.25) is 0 Å². The third-order valence-corrected chi connectivity index (χ3v) is 4.24. The molecule has 0 bridgehead atoms. The zero-order valence-corrected chi connectivity index (χ0v) is 12.4. The van der Waals surface area contributed by atoms with Gasteiger partial charge in [-0.05, 0) is 37.3 Å². The summed E-state index contributed by atoms with van der Waals surface area (Å²) in [5.41, 5.74) is 0.495. The van der Waals surface area contributed by atoms with E-state index in [-0.39, 0.29) is 17.6 Å². The molecule has 1 N–H and O–H groups in total. The Kier molecular flexibility index (Phi) is 5.31. The second kappa shape index (κ2) is 7.20. The largest absolute Gasteiger partial charge is 0.349 e. The van der Waals surface area contributed by atoms with Crippen LogP contribution in [0, 0.1) is 16.0 Å². The summed E-state index contributed by atoms with van der Waals surface area (Å²) in [6.07, 6.45) is 6.94. The van der Waals surface area contributed by atoms with Crippen molar-refractivity contribution in [2.24, 2.45) is 5.92 Å². The molecule has 2 rings (SSSR count). The predicted molar refractivity (Wildman–Crippen MR) is 81.2 cm³/mol. The number of carbonyl (C=O) groups excluding carboxylic acids is 1. The van der Waals surface area contributed by atoms with Gasteiger partial charge in [-0.1, -0.05) is 26.2 Å². The van der Waals surface area contributed by atoms with Gasteiger partial charge in [0.05, 0.1) is 4.92 Å². The molecule has 1 amide bonds. The smallest absolute Gasteiger partial charge is 0.269 e. The molecule has 5 heteroatoms. The first-order chi connectivity index (χ1) is 10.1. The minimum atomic E-state index is -0.459. The molecule has 0 radical (unpaired) electrons. The number of nitro groups is 1. The van der Waals surface area contributed by atoms with Crippen molar-refractivity contribution in [3.8, 4) is 0 Å². The molecule has 0 saturated heterocycles. The molecular weight excluding hydrogens is 268 g/mol. The first-order valence-corrected chi connectivity index (χ1v) is 7.67. The van der Waals surface area contributed by atoms with Crippen molar-refractivity contribution in [2.45, 2.75) is 51.5 Å². The minimum absolute atomic E-state index is 0.00763. The van der Waals surface area contributed by atoms with Crippen molar-refractivity contribution >= 4 is 11.6 Å². The number of hydrogen-bond donors (Lipinski definition) is 1. The van der Waals surface area contributed by atoms with Gasteiger partial charge < -0.3 is 5.32 Å². The summed E-state index contributed by atoms with van der Waals surface area (Å²) in [6.45, 7) is 2.18. The van der Waals surface area contributed by atoms with E-state index in [1.807, 2.05) is 0 Å². The normalized spacial score (nSPS) is 21.2. The summed E-state index contributed by atoms with van der Waals surface area (Å²) in [6, 6.07) is 6.03. The van der Waals surface area contributed by atoms with Crippen molar-refractivity contribution in [1.29, 1.82) is 0 Å². The molecule has 114 valence electrons. The maximum Gasteiger partial charge on any atom is 0.269 e. The Bertz CT molecular complexity index is 499. The van der Waals surface area contributed by atoms with E-state index in [1.165, 1.54) is 56.4 Å². The van der Waals surface area contributed by atoms with E-state index >= 15 is 0 Å². The van der Waals surface area contributed by atoms with Gasteiger partial charge in [0.25, 0.3) is 11.6 Å². The number of rotatable bonds is 6. The van der Waals surface area contributed by atoms with Gasteiger partial charge in [0.1, 0.15) is 0 Å². The van der Waals surface area contributed by atoms with Crippen LogP contribution in [0.25, 0.3) is 0 Å². The molecule has 21 heavy (non-hydrogen) atoms. The van der Waals surface area contributed by atoms with Crippen LogP contribution in [0.1, 0.15) is 55.8 Å². The highest BCUT2D eigenvalue weighted by Gasteiger charge is 2.28. The number of unbranched alkanes of at least 4 members (excludes halogenated alkanes) is 1. The lowest BCUT2D eigenvalue weighted by atomic mass is 9.96. The molecule has 1 aromatic rings. The lowest BCUT2D eigenvalue weighted by molar-refractivity contribution is -0.384. The number of amides is 1. The van der Waals surface area contributed by atoms with E-state index < -0.39 is 4.92 Å². The van der Waals surface area contributed by atoms with Crippen molar-refractivity contribution < 1.29 is 9.72 Å². The van der Waals surface area contributed by atoms with Gasteiger partial charge in [-0.2, -0.15) is 0 Å². The SMILES string of the molecule is CCCCC1CCCC1NC(=O)c1ccc([N+](=O)[O-])cc1. The average molecular weight is 290 g/mol. The summed E-state index contributed by atoms with van der Waals surface area (Å²) in [7, 11) is 0. The number of nitrogens with one attached hydrogen (secondary N) is 1. The molecule has 0 aliphatic heterocycles. The summed E-state index contributed by atoms with van der Waals surface area (Å²) in [4.78, 5) is 22.4. The number of benzene rings is 1. The maximum absolute atomic E-state index is 12.2. The van der Waals surface area contributed by atoms with Gasteiger partial charge in [0.2, 0.25) is 0 Å². The topological polar surface area (TPSA) is 72.2 Å². The molecule has 0 aromatic heterocycles. The van der Waals surface area contributed by atoms with Gasteiger partial charge in [0.15, 0.2) is 0 Å². The van der Waals surface area contributed by atoms with E-state index in [0.717, 1.165) is 6.42 Å². The minimum Gasteiger partial charge on any atom is -0.349 e. The van der Waals surface area contributed by atoms with Gasteiger partial charge in [-0.15, -0.1) is 0 Å². The number of carbonyl (C=O) groups is 1. The summed E-state index contributed by atoms with van der Waals surface area (Å²) in [5.74, 6) is 0.449. The monoisotopic (exact) mass is 290 g/mol. The summed E-state index contributed by atoms with van der Waals surface area (Å²) in [5, 5.41) is 13.7. The van der Waals surface area contributed by atoms with Gasteiger partial charge in [-0.25, -0.2) is 0 Å². The van der Waals surface area contributed by atoms with Crippen LogP contribution in [0.15, 0.2) is 24.3 Å². The molecule has 1 aromatic carbocycles. The highest BCUT2D eigenvalue weighted by Crippen LogP contribution is 2.30. The van der Waals surface area contributed by atoms with Crippen molar-refractivity contribution in [3.63, 3.8) is 0 Å². The molecular formula is C16H22N2O3. The first kappa shape index (κ1) is 15.5. The average Bonchev–Trinajstić information content (AvgIpc) is 2.92. The third-order valence-electron chi connectivity index (χ3n) is 4.24. The van der Waals surface area contributed by atoms with E-state index in [1.54, 1.807) is 0 Å². The highest BCUT2D eigenvalue weighted by atomic mass is 16.6. The zero-order chi connectivity index (χ0) is 15.2. The van der Waals surface area contributed by atoms with Crippen LogP contribution >= 0.6 is 0 Å². The number of hydrogen-bond acceptors (Lipinski definition) is 3. The van der Waals surface area contributed by atoms with Crippen LogP contribution in [0.3, 0.4) is 0 Å². The number of nitrogens with zero attached hydrogens (tertiary/aromatic N) is 1. The molecule has 1 aliphatic carbocycles. The molecule has 0 heterocycles. The van der Waals surface area contributed by atoms with E-state index in [9.17, 15) is 14.9 Å². The summed E-state index contributed by atoms with van der Waals surface area (Å²) >= 11 is 0. The molecule has 1 fully saturated rings. The maximum atomic E-state index is 12.2. The third kappa shape index (κ3) is 4.03. The molecule has 0 spiro atoms. The van der Waals surface area contributed by atoms with Gasteiger partial charge in [0, 0.05) is 23.7 Å². The highest BCUT2D eigenvalue weighted by molar-refractivity contribution is 5.94. The molecule has 2 unspecified atom stereocenters. The fourth-order valence-corrected chi connectivity index (χ4v) is 3.02. The Morgan fingerprint density at radius 2 is 2.05 bits per heavy atom. The van der Waals surface area contributed by atoms with E-state index in [0.29, 0.717) is 11.5 Å². The Hall–Kier alpha value is -1.91. The second-order valence-electron chi connectivity index (χ2n) is 5.72. The van der Waals surface area contributed by atoms with Gasteiger partial charge in [-0.3, -0.25) is 14.9 Å². The molecule has 5 nitrogen and oxygen atoms in total. The Morgan fingerprint density at radius 1 is 1.33 bits per heavy atom. The lowest BCUT2D eigenvalue weighted by Gasteiger charge is -2.20. The molecule has 1 saturated carbocycles. The van der Waals surface area contributed by atoms with Crippen LogP contribution in [-0.2, 0) is 0 Å². The van der Waals surface area contributed by atoms with Crippen LogP contribution in [-0.4, -0.2) is 16.9 Å². The standard InChI is InChI=1S/C16H22N2O3/c1-2-3-5-12-6-4-7-15(12)17-16(19)13-8-10-14(11-9-13)18(20)21/h8-12,15H,2-7H2,1H3,(H,17,19). The predicted octanol–water partition coefficient (Wildman–Crippen LogP) is 3.68.